The molecule has 3 rings (SSSR count). The number of rotatable bonds is 6. The number of anilines is 1. The predicted octanol–water partition coefficient (Wildman–Crippen LogP) is 5.03. The Morgan fingerprint density at radius 3 is 2.60 bits per heavy atom. The first-order chi connectivity index (χ1) is 12.1. The molecule has 0 bridgehead atoms. The molecule has 1 heterocycles. The molecule has 2 N–H and O–H groups in total. The third-order valence-electron chi connectivity index (χ3n) is 3.97. The van der Waals surface area contributed by atoms with Crippen molar-refractivity contribution in [3.63, 3.8) is 0 Å². The molecule has 5 heteroatoms. The van der Waals surface area contributed by atoms with Crippen LogP contribution >= 0.6 is 22.9 Å². The third-order valence-corrected chi connectivity index (χ3v) is 5.32. The van der Waals surface area contributed by atoms with Gasteiger partial charge in [-0.05, 0) is 41.6 Å². The summed E-state index contributed by atoms with van der Waals surface area (Å²) in [5.74, 6) is -0.0679. The average molecular weight is 371 g/mol. The molecule has 25 heavy (non-hydrogen) atoms. The van der Waals surface area contributed by atoms with E-state index in [2.05, 4.69) is 10.6 Å². The van der Waals surface area contributed by atoms with E-state index in [1.165, 1.54) is 0 Å². The maximum atomic E-state index is 12.5. The molecule has 3 aromatic rings. The van der Waals surface area contributed by atoms with Crippen LogP contribution in [0.2, 0.25) is 5.02 Å². The largest absolute Gasteiger partial charge is 0.376 e. The van der Waals surface area contributed by atoms with Crippen LogP contribution in [-0.4, -0.2) is 12.5 Å². The Hall–Kier alpha value is -2.30. The van der Waals surface area contributed by atoms with Crippen molar-refractivity contribution in [2.24, 2.45) is 0 Å². The van der Waals surface area contributed by atoms with E-state index in [4.69, 9.17) is 11.6 Å². The lowest BCUT2D eigenvalue weighted by Gasteiger charge is -2.19. The summed E-state index contributed by atoms with van der Waals surface area (Å²) in [6.45, 7) is 2.12. The van der Waals surface area contributed by atoms with Crippen molar-refractivity contribution in [2.75, 3.05) is 11.9 Å². The number of carbonyl (C=O) groups excluding carboxylic acids is 1. The Labute approximate surface area is 156 Å². The van der Waals surface area contributed by atoms with Crippen LogP contribution in [0.5, 0.6) is 0 Å². The molecule has 0 saturated heterocycles. The molecule has 2 aromatic carbocycles. The number of halogens is 1. The average Bonchev–Trinajstić information content (AvgIpc) is 3.16. The maximum Gasteiger partial charge on any atom is 0.240 e. The fraction of sp³-hybridized carbons (Fsp3) is 0.150. The van der Waals surface area contributed by atoms with Crippen LogP contribution in [0.25, 0.3) is 0 Å². The zero-order valence-corrected chi connectivity index (χ0v) is 15.4. The Morgan fingerprint density at radius 2 is 1.88 bits per heavy atom. The van der Waals surface area contributed by atoms with Crippen LogP contribution in [-0.2, 0) is 4.79 Å². The molecule has 0 aliphatic heterocycles. The summed E-state index contributed by atoms with van der Waals surface area (Å²) >= 11 is 7.76. The molecule has 1 aromatic heterocycles. The molecule has 3 nitrogen and oxygen atoms in total. The van der Waals surface area contributed by atoms with Crippen LogP contribution in [0.3, 0.4) is 0 Å². The maximum absolute atomic E-state index is 12.5. The van der Waals surface area contributed by atoms with Gasteiger partial charge in [0, 0.05) is 15.6 Å². The van der Waals surface area contributed by atoms with Gasteiger partial charge in [-0.2, -0.15) is 0 Å². The lowest BCUT2D eigenvalue weighted by Crippen LogP contribution is -2.33. The van der Waals surface area contributed by atoms with E-state index in [0.717, 1.165) is 21.7 Å². The van der Waals surface area contributed by atoms with Crippen LogP contribution in [0.15, 0.2) is 66.0 Å². The summed E-state index contributed by atoms with van der Waals surface area (Å²) in [5.41, 5.74) is 2.88. The molecule has 0 unspecified atom stereocenters. The zero-order valence-electron chi connectivity index (χ0n) is 13.8. The van der Waals surface area contributed by atoms with Gasteiger partial charge < -0.3 is 10.6 Å². The van der Waals surface area contributed by atoms with E-state index in [0.29, 0.717) is 5.02 Å². The smallest absolute Gasteiger partial charge is 0.240 e. The molecule has 0 aliphatic carbocycles. The van der Waals surface area contributed by atoms with Gasteiger partial charge >= 0.3 is 0 Å². The summed E-state index contributed by atoms with van der Waals surface area (Å²) in [5, 5.41) is 8.98. The van der Waals surface area contributed by atoms with Crippen molar-refractivity contribution in [1.82, 2.24) is 5.32 Å². The Bertz CT molecular complexity index is 834. The number of nitrogens with one attached hydrogen (secondary N) is 2. The van der Waals surface area contributed by atoms with Crippen molar-refractivity contribution < 1.29 is 4.79 Å². The zero-order chi connectivity index (χ0) is 17.6. The number of hydrogen-bond acceptors (Lipinski definition) is 3. The van der Waals surface area contributed by atoms with Gasteiger partial charge in [-0.1, -0.05) is 54.1 Å². The fourth-order valence-electron chi connectivity index (χ4n) is 2.61. The van der Waals surface area contributed by atoms with Gasteiger partial charge in [-0.3, -0.25) is 4.79 Å². The minimum atomic E-state index is -0.143. The molecule has 128 valence electrons. The highest BCUT2D eigenvalue weighted by Gasteiger charge is 2.17. The Kier molecular flexibility index (Phi) is 5.74. The number of benzene rings is 2. The molecule has 0 fully saturated rings. The Morgan fingerprint density at radius 1 is 1.08 bits per heavy atom. The first kappa shape index (κ1) is 17.5. The summed E-state index contributed by atoms with van der Waals surface area (Å²) in [7, 11) is 0. The van der Waals surface area contributed by atoms with Crippen molar-refractivity contribution in [3.05, 3.63) is 87.1 Å². The molecule has 0 spiro atoms. The first-order valence-corrected chi connectivity index (χ1v) is 9.27. The number of hydrogen-bond donors (Lipinski definition) is 2. The van der Waals surface area contributed by atoms with E-state index in [1.54, 1.807) is 11.3 Å². The lowest BCUT2D eigenvalue weighted by atomic mass is 10.1. The minimum Gasteiger partial charge on any atom is -0.376 e. The Balaban J connectivity index is 1.70. The fourth-order valence-corrected chi connectivity index (χ4v) is 3.58. The van der Waals surface area contributed by atoms with Gasteiger partial charge in [0.25, 0.3) is 0 Å². The van der Waals surface area contributed by atoms with Crippen LogP contribution in [0.4, 0.5) is 5.69 Å². The van der Waals surface area contributed by atoms with Gasteiger partial charge in [0.2, 0.25) is 5.91 Å². The highest BCUT2D eigenvalue weighted by Crippen LogP contribution is 2.26. The van der Waals surface area contributed by atoms with E-state index in [9.17, 15) is 4.79 Å². The van der Waals surface area contributed by atoms with E-state index in [-0.39, 0.29) is 18.5 Å². The van der Waals surface area contributed by atoms with Gasteiger partial charge in [0.1, 0.15) is 0 Å². The highest BCUT2D eigenvalue weighted by atomic mass is 35.5. The van der Waals surface area contributed by atoms with Gasteiger partial charge in [-0.15, -0.1) is 11.3 Å². The predicted molar refractivity (Wildman–Crippen MR) is 105 cm³/mol. The minimum absolute atomic E-state index is 0.0679. The number of thiophene rings is 1. The summed E-state index contributed by atoms with van der Waals surface area (Å²) in [6.07, 6.45) is 0. The molecule has 0 aliphatic rings. The second-order valence-electron chi connectivity index (χ2n) is 5.69. The van der Waals surface area contributed by atoms with Crippen molar-refractivity contribution >= 4 is 34.5 Å². The van der Waals surface area contributed by atoms with E-state index >= 15 is 0 Å². The number of amides is 1. The summed E-state index contributed by atoms with van der Waals surface area (Å²) in [6, 6.07) is 19.5. The lowest BCUT2D eigenvalue weighted by molar-refractivity contribution is -0.119. The molecular weight excluding hydrogens is 352 g/mol. The molecule has 1 atom stereocenters. The van der Waals surface area contributed by atoms with E-state index < -0.39 is 0 Å². The number of carbonyl (C=O) groups is 1. The topological polar surface area (TPSA) is 41.1 Å². The molecule has 1 amide bonds. The van der Waals surface area contributed by atoms with E-state index in [1.807, 2.05) is 73.0 Å². The second-order valence-corrected chi connectivity index (χ2v) is 7.08. The highest BCUT2D eigenvalue weighted by molar-refractivity contribution is 7.10. The normalized spacial score (nSPS) is 11.8. The monoisotopic (exact) mass is 370 g/mol. The van der Waals surface area contributed by atoms with Gasteiger partial charge in [0.05, 0.1) is 12.6 Å². The van der Waals surface area contributed by atoms with Crippen molar-refractivity contribution in [2.45, 2.75) is 13.0 Å². The summed E-state index contributed by atoms with van der Waals surface area (Å²) in [4.78, 5) is 13.6. The van der Waals surface area contributed by atoms with Crippen LogP contribution in [0, 0.1) is 6.92 Å². The van der Waals surface area contributed by atoms with Gasteiger partial charge in [-0.25, -0.2) is 0 Å². The second kappa shape index (κ2) is 8.19. The molecule has 0 radical (unpaired) electrons. The van der Waals surface area contributed by atoms with Gasteiger partial charge in [0.15, 0.2) is 0 Å². The van der Waals surface area contributed by atoms with Crippen molar-refractivity contribution in [3.8, 4) is 0 Å². The SMILES string of the molecule is Cc1c(Cl)cccc1NCC(=O)N[C@H](c1ccccc1)c1cccs1. The third kappa shape index (κ3) is 4.41. The van der Waals surface area contributed by atoms with Crippen LogP contribution in [0.1, 0.15) is 22.0 Å². The molecule has 0 saturated carbocycles. The van der Waals surface area contributed by atoms with Crippen LogP contribution < -0.4 is 10.6 Å². The standard InChI is InChI=1S/C20H19ClN2OS/c1-14-16(21)9-5-10-17(14)22-13-19(24)23-20(18-11-6-12-25-18)15-7-3-2-4-8-15/h2-12,20,22H,13H2,1H3,(H,23,24)/t20-/m1/s1. The quantitative estimate of drug-likeness (QED) is 0.639. The summed E-state index contributed by atoms with van der Waals surface area (Å²) < 4.78 is 0. The molecular formula is C20H19ClN2OS. The van der Waals surface area contributed by atoms with Crippen molar-refractivity contribution in [1.29, 1.82) is 0 Å². The first-order valence-electron chi connectivity index (χ1n) is 8.02.